The molecule has 0 atom stereocenters. The van der Waals surface area contributed by atoms with Crippen LogP contribution in [0.25, 0.3) is 0 Å². The molecule has 0 aromatic heterocycles. The first-order chi connectivity index (χ1) is 13.7. The number of benzene rings is 2. The minimum atomic E-state index is -2.87. The second-order valence-electron chi connectivity index (χ2n) is 4.93. The van der Waals surface area contributed by atoms with Crippen molar-refractivity contribution in [2.24, 2.45) is 0 Å². The van der Waals surface area contributed by atoms with E-state index < -0.39 is 13.2 Å². The molecule has 0 saturated carbocycles. The molecule has 4 nitrogen and oxygen atoms in total. The summed E-state index contributed by atoms with van der Waals surface area (Å²) in [6, 6.07) is 11.4. The molecule has 2 aromatic rings. The minimum absolute atomic E-state index is 0.00250. The number of ether oxygens (including phenoxy) is 2. The lowest BCUT2D eigenvalue weighted by Gasteiger charge is -2.05. The van der Waals surface area contributed by atoms with Crippen molar-refractivity contribution >= 4 is 55.8 Å². The van der Waals surface area contributed by atoms with E-state index in [2.05, 4.69) is 53.7 Å². The van der Waals surface area contributed by atoms with Crippen molar-refractivity contribution in [1.29, 1.82) is 0 Å². The molecule has 0 aliphatic carbocycles. The van der Waals surface area contributed by atoms with E-state index in [-0.39, 0.29) is 28.4 Å². The quantitative estimate of drug-likeness (QED) is 0.192. The van der Waals surface area contributed by atoms with Crippen molar-refractivity contribution in [1.82, 2.24) is 0 Å². The first-order valence-electron chi connectivity index (χ1n) is 7.57. The third-order valence-electron chi connectivity index (χ3n) is 2.97. The van der Waals surface area contributed by atoms with Crippen LogP contribution in [0.15, 0.2) is 48.5 Å². The van der Waals surface area contributed by atoms with Gasteiger partial charge in [-0.25, -0.2) is 0 Å². The van der Waals surface area contributed by atoms with Gasteiger partial charge in [0.25, 0.3) is 0 Å². The van der Waals surface area contributed by atoms with Crippen molar-refractivity contribution in [3.8, 4) is 11.5 Å². The molecule has 11 heteroatoms. The van der Waals surface area contributed by atoms with Gasteiger partial charge in [0.15, 0.2) is 11.6 Å². The smallest absolute Gasteiger partial charge is 0.387 e. The summed E-state index contributed by atoms with van der Waals surface area (Å²) in [5.74, 6) is -0.362. The zero-order chi connectivity index (χ0) is 22.4. The largest absolute Gasteiger partial charge is 0.435 e. The Morgan fingerprint density at radius 3 is 1.66 bits per heavy atom. The van der Waals surface area contributed by atoms with E-state index in [0.717, 1.165) is 0 Å². The Hall–Kier alpha value is -1.46. The van der Waals surface area contributed by atoms with Crippen LogP contribution in [0.3, 0.4) is 0 Å². The summed E-state index contributed by atoms with van der Waals surface area (Å²) in [6.07, 6.45) is 0. The Balaban J connectivity index is 0.000000499. The Labute approximate surface area is 188 Å². The summed E-state index contributed by atoms with van der Waals surface area (Å²) in [7, 11) is 0. The lowest BCUT2D eigenvalue weighted by Crippen LogP contribution is -2.04. The molecular weight excluding hydrogens is 596 g/mol. The number of rotatable bonds is 7. The van der Waals surface area contributed by atoms with Crippen molar-refractivity contribution in [3.63, 3.8) is 0 Å². The summed E-state index contributed by atoms with van der Waals surface area (Å²) in [5, 5.41) is 0.158. The van der Waals surface area contributed by atoms with Crippen molar-refractivity contribution in [2.75, 3.05) is 5.33 Å². The molecule has 0 radical (unpaired) electrons. The molecule has 160 valence electrons. The van der Waals surface area contributed by atoms with E-state index in [1.807, 2.05) is 0 Å². The fourth-order valence-electron chi connectivity index (χ4n) is 1.81. The van der Waals surface area contributed by atoms with Crippen LogP contribution in [0.2, 0.25) is 0 Å². The van der Waals surface area contributed by atoms with Crippen LogP contribution in [0.5, 0.6) is 11.5 Å². The predicted molar refractivity (Wildman–Crippen MR) is 112 cm³/mol. The van der Waals surface area contributed by atoms with Crippen LogP contribution >= 0.6 is 44.2 Å². The molecule has 0 heterocycles. The maximum Gasteiger partial charge on any atom is 0.387 e. The average Bonchev–Trinajstić information content (AvgIpc) is 2.69. The number of halogens is 7. The van der Waals surface area contributed by atoms with Crippen molar-refractivity contribution in [3.05, 3.63) is 59.7 Å². The second kappa shape index (κ2) is 15.4. The number of Topliss-reactive ketones (excluding diaryl/α,β-unsaturated/α-hetero) is 2. The molecule has 2 aromatic carbocycles. The van der Waals surface area contributed by atoms with Gasteiger partial charge in [-0.3, -0.25) is 9.59 Å². The number of ketones is 2. The Morgan fingerprint density at radius 2 is 1.28 bits per heavy atom. The summed E-state index contributed by atoms with van der Waals surface area (Å²) in [5.41, 5.74) is 0.707. The minimum Gasteiger partial charge on any atom is -0.435 e. The van der Waals surface area contributed by atoms with E-state index in [1.165, 1.54) is 43.3 Å². The van der Waals surface area contributed by atoms with Crippen LogP contribution in [0.1, 0.15) is 27.6 Å². The highest BCUT2D eigenvalue weighted by Gasteiger charge is 2.08. The van der Waals surface area contributed by atoms with E-state index in [9.17, 15) is 27.2 Å². The van der Waals surface area contributed by atoms with Gasteiger partial charge in [0.05, 0.1) is 5.33 Å². The predicted octanol–water partition coefficient (Wildman–Crippen LogP) is 7.05. The zero-order valence-corrected chi connectivity index (χ0v) is 19.5. The van der Waals surface area contributed by atoms with Crippen LogP contribution in [-0.4, -0.2) is 30.1 Å². The van der Waals surface area contributed by atoms with E-state index in [1.54, 1.807) is 12.1 Å². The highest BCUT2D eigenvalue weighted by molar-refractivity contribution is 9.93. The number of carbonyl (C=O) groups is 2. The second-order valence-corrected chi connectivity index (χ2v) is 5.49. The molecule has 2 rings (SSSR count). The molecular formula is C18H15Br3F4O4. The monoisotopic (exact) mass is 608 g/mol. The lowest BCUT2D eigenvalue weighted by atomic mass is 10.1. The summed E-state index contributed by atoms with van der Waals surface area (Å²) in [4.78, 5) is 22.0. The van der Waals surface area contributed by atoms with E-state index in [4.69, 9.17) is 0 Å². The zero-order valence-electron chi connectivity index (χ0n) is 14.8. The summed E-state index contributed by atoms with van der Waals surface area (Å²) >= 11 is 8.49. The fourth-order valence-corrected chi connectivity index (χ4v) is 2.14. The fraction of sp³-hybridized carbons (Fsp3) is 0.222. The topological polar surface area (TPSA) is 52.6 Å². The van der Waals surface area contributed by atoms with Crippen molar-refractivity contribution < 1.29 is 36.6 Å². The van der Waals surface area contributed by atoms with Crippen LogP contribution < -0.4 is 9.47 Å². The molecule has 0 saturated heterocycles. The van der Waals surface area contributed by atoms with Gasteiger partial charge >= 0.3 is 13.2 Å². The SMILES string of the molecule is BrBr.CC(=O)c1cccc(OC(F)F)c1.O=C(CBr)c1cccc(OC(F)F)c1. The molecule has 0 N–H and O–H groups in total. The van der Waals surface area contributed by atoms with E-state index >= 15 is 0 Å². The van der Waals surface area contributed by atoms with Gasteiger partial charge in [-0.05, 0) is 31.2 Å². The van der Waals surface area contributed by atoms with Crippen LogP contribution in [-0.2, 0) is 0 Å². The van der Waals surface area contributed by atoms with Gasteiger partial charge < -0.3 is 9.47 Å². The van der Waals surface area contributed by atoms with Gasteiger partial charge in [0.2, 0.25) is 0 Å². The van der Waals surface area contributed by atoms with Gasteiger partial charge in [-0.15, -0.1) is 0 Å². The van der Waals surface area contributed by atoms with E-state index in [0.29, 0.717) is 11.1 Å². The molecule has 0 amide bonds. The Kier molecular flexibility index (Phi) is 14.6. The highest BCUT2D eigenvalue weighted by Crippen LogP contribution is 2.17. The Bertz CT molecular complexity index is 776. The first-order valence-corrected chi connectivity index (χ1v) is 12.4. The maximum atomic E-state index is 11.8. The van der Waals surface area contributed by atoms with Gasteiger partial charge in [-0.1, -0.05) is 40.2 Å². The van der Waals surface area contributed by atoms with Crippen LogP contribution in [0, 0.1) is 0 Å². The normalized spacial score (nSPS) is 9.72. The molecule has 0 bridgehead atoms. The highest BCUT2D eigenvalue weighted by atomic mass is 80.9. The average molecular weight is 611 g/mol. The molecule has 0 spiro atoms. The Morgan fingerprint density at radius 1 is 0.862 bits per heavy atom. The number of hydrogen-bond acceptors (Lipinski definition) is 4. The number of hydrogen-bond donors (Lipinski definition) is 0. The molecule has 0 unspecified atom stereocenters. The lowest BCUT2D eigenvalue weighted by molar-refractivity contribution is -0.0505. The maximum absolute atomic E-state index is 11.8. The summed E-state index contributed by atoms with van der Waals surface area (Å²) in [6.45, 7) is -4.37. The first kappa shape index (κ1) is 27.5. The van der Waals surface area contributed by atoms with Crippen LogP contribution in [0.4, 0.5) is 17.6 Å². The van der Waals surface area contributed by atoms with Gasteiger partial charge in [0, 0.05) is 39.4 Å². The number of carbonyl (C=O) groups excluding carboxylic acids is 2. The molecule has 0 fully saturated rings. The number of alkyl halides is 5. The summed E-state index contributed by atoms with van der Waals surface area (Å²) < 4.78 is 55.4. The molecule has 0 aliphatic rings. The standard InChI is InChI=1S/C9H7BrF2O2.C9H8F2O2.Br2/c10-5-8(13)6-2-1-3-7(4-6)14-9(11)12;1-6(12)7-3-2-4-8(5-7)13-9(10)11;1-2/h1-4,9H,5H2;2-5,9H,1H3;. The van der Waals surface area contributed by atoms with Gasteiger partial charge in [0.1, 0.15) is 11.5 Å². The van der Waals surface area contributed by atoms with Gasteiger partial charge in [-0.2, -0.15) is 17.6 Å². The third kappa shape index (κ3) is 12.0. The third-order valence-corrected chi connectivity index (χ3v) is 3.48. The molecule has 29 heavy (non-hydrogen) atoms. The molecule has 0 aliphatic heterocycles. The van der Waals surface area contributed by atoms with Crippen molar-refractivity contribution in [2.45, 2.75) is 20.1 Å².